The van der Waals surface area contributed by atoms with Gasteiger partial charge in [0.2, 0.25) is 0 Å². The zero-order valence-corrected chi connectivity index (χ0v) is 16.8. The minimum Gasteiger partial charge on any atom is -0.538 e. The molecule has 0 atom stereocenters. The van der Waals surface area contributed by atoms with Crippen LogP contribution in [0, 0.1) is 0 Å². The van der Waals surface area contributed by atoms with E-state index in [4.69, 9.17) is 16.3 Å². The van der Waals surface area contributed by atoms with Gasteiger partial charge in [-0.3, -0.25) is 0 Å². The topological polar surface area (TPSA) is 74.5 Å². The quantitative estimate of drug-likeness (QED) is 0.724. The number of nitrogens with zero attached hydrogens (tertiary/aromatic N) is 1. The van der Waals surface area contributed by atoms with E-state index in [2.05, 4.69) is 4.72 Å². The van der Waals surface area contributed by atoms with Gasteiger partial charge in [-0.1, -0.05) is 11.6 Å². The minimum absolute atomic E-state index is 0. The summed E-state index contributed by atoms with van der Waals surface area (Å²) in [6.07, 6.45) is 1.38. The first kappa shape index (κ1) is 20.2. The number of benzene rings is 1. The summed E-state index contributed by atoms with van der Waals surface area (Å²) < 4.78 is 31.9. The van der Waals surface area contributed by atoms with Crippen molar-refractivity contribution < 1.29 is 47.5 Å². The fraction of sp³-hybridized carbons (Fsp3) is 0.0714. The molecule has 23 heavy (non-hydrogen) atoms. The Kier molecular flexibility index (Phi) is 7.79. The van der Waals surface area contributed by atoms with Gasteiger partial charge in [-0.2, -0.15) is 11.3 Å². The Balaban J connectivity index is 0.00000264. The molecule has 0 N–H and O–H groups in total. The van der Waals surface area contributed by atoms with E-state index >= 15 is 0 Å². The van der Waals surface area contributed by atoms with Crippen molar-refractivity contribution in [1.82, 2.24) is 0 Å². The van der Waals surface area contributed by atoms with Gasteiger partial charge >= 0.3 is 29.6 Å². The molecule has 9 heteroatoms. The van der Waals surface area contributed by atoms with Gasteiger partial charge in [0.05, 0.1) is 13.0 Å². The maximum Gasteiger partial charge on any atom is 1.00 e. The normalized spacial score (nSPS) is 11.0. The first-order chi connectivity index (χ1) is 10.4. The van der Waals surface area contributed by atoms with Crippen LogP contribution in [-0.4, -0.2) is 21.4 Å². The number of thiophene rings is 1. The van der Waals surface area contributed by atoms with Crippen LogP contribution < -0.4 is 34.3 Å². The second-order valence-electron chi connectivity index (χ2n) is 4.12. The number of hydrogen-bond acceptors (Lipinski definition) is 5. The Labute approximate surface area is 165 Å². The molecule has 0 saturated carbocycles. The molecule has 0 unspecified atom stereocenters. The summed E-state index contributed by atoms with van der Waals surface area (Å²) in [4.78, 5) is 12.0. The van der Waals surface area contributed by atoms with E-state index in [1.165, 1.54) is 42.7 Å². The number of methoxy groups -OCH3 is 1. The molecule has 1 amide bonds. The van der Waals surface area contributed by atoms with Crippen molar-refractivity contribution in [2.45, 2.75) is 0 Å². The zero-order chi connectivity index (χ0) is 16.2. The Morgan fingerprint density at radius 3 is 2.70 bits per heavy atom. The van der Waals surface area contributed by atoms with Crippen LogP contribution in [0.4, 0.5) is 0 Å². The second kappa shape index (κ2) is 8.86. The smallest absolute Gasteiger partial charge is 0.538 e. The molecule has 0 aliphatic rings. The molecule has 0 fully saturated rings. The third-order valence-electron chi connectivity index (χ3n) is 2.58. The molecule has 0 saturated heterocycles. The molecule has 2 aromatic rings. The molecule has 0 aliphatic heterocycles. The number of amides is 1. The maximum atomic E-state index is 12.0. The fourth-order valence-corrected chi connectivity index (χ4v) is 3.08. The molecule has 0 bridgehead atoms. The van der Waals surface area contributed by atoms with E-state index in [-0.39, 0.29) is 40.9 Å². The molecule has 1 aromatic carbocycles. The summed E-state index contributed by atoms with van der Waals surface area (Å²) in [5.74, 6) is -0.748. The molecule has 0 radical (unpaired) electrons. The monoisotopic (exact) mass is 379 g/mol. The molecule has 0 aliphatic carbocycles. The van der Waals surface area contributed by atoms with Gasteiger partial charge in [0, 0.05) is 16.0 Å². The third kappa shape index (κ3) is 5.95. The van der Waals surface area contributed by atoms with Crippen molar-refractivity contribution in [2.24, 2.45) is 0 Å². The number of halogens is 1. The zero-order valence-electron chi connectivity index (χ0n) is 12.4. The van der Waals surface area contributed by atoms with Crippen molar-refractivity contribution >= 4 is 44.9 Å². The SMILES string of the molecule is COc1cc(Cl)ccc1C(=O)[N-]S(=O)(=O)/C=C/c1ccsc1.[Na+]. The average molecular weight is 380 g/mol. The van der Waals surface area contributed by atoms with Gasteiger partial charge < -0.3 is 14.3 Å². The predicted octanol–water partition coefficient (Wildman–Crippen LogP) is 0.929. The van der Waals surface area contributed by atoms with Crippen LogP contribution in [0.15, 0.2) is 40.4 Å². The number of ether oxygens (including phenoxy) is 1. The molecule has 0 spiro atoms. The first-order valence-corrected chi connectivity index (χ1v) is 8.80. The van der Waals surface area contributed by atoms with Crippen molar-refractivity contribution in [3.8, 4) is 5.75 Å². The van der Waals surface area contributed by atoms with Crippen LogP contribution in [-0.2, 0) is 10.0 Å². The van der Waals surface area contributed by atoms with E-state index in [0.29, 0.717) is 5.02 Å². The van der Waals surface area contributed by atoms with E-state index in [1.54, 1.807) is 11.4 Å². The van der Waals surface area contributed by atoms with Gasteiger partial charge in [0.1, 0.15) is 15.8 Å². The van der Waals surface area contributed by atoms with E-state index < -0.39 is 15.9 Å². The van der Waals surface area contributed by atoms with Gasteiger partial charge in [0.15, 0.2) is 0 Å². The maximum absolute atomic E-state index is 12.0. The van der Waals surface area contributed by atoms with Crippen LogP contribution in [0.2, 0.25) is 5.02 Å². The molecule has 5 nitrogen and oxygen atoms in total. The van der Waals surface area contributed by atoms with E-state index in [9.17, 15) is 13.2 Å². The third-order valence-corrected chi connectivity index (χ3v) is 4.42. The second-order valence-corrected chi connectivity index (χ2v) is 6.82. The van der Waals surface area contributed by atoms with Gasteiger partial charge in [-0.05, 0) is 46.7 Å². The van der Waals surface area contributed by atoms with E-state index in [0.717, 1.165) is 11.0 Å². The van der Waals surface area contributed by atoms with Crippen LogP contribution in [0.5, 0.6) is 5.75 Å². The van der Waals surface area contributed by atoms with Crippen LogP contribution in [0.1, 0.15) is 15.9 Å². The molecule has 2 rings (SSSR count). The molecule has 116 valence electrons. The Morgan fingerprint density at radius 2 is 2.09 bits per heavy atom. The van der Waals surface area contributed by atoms with Crippen LogP contribution in [0.3, 0.4) is 0 Å². The summed E-state index contributed by atoms with van der Waals surface area (Å²) in [7, 11) is -2.67. The molecular formula is C14H11ClNNaO4S2. The summed E-state index contributed by atoms with van der Waals surface area (Å²) in [5, 5.41) is 4.84. The number of carbonyl (C=O) groups excluding carboxylic acids is 1. The first-order valence-electron chi connectivity index (χ1n) is 5.97. The van der Waals surface area contributed by atoms with E-state index in [1.807, 2.05) is 5.38 Å². The Morgan fingerprint density at radius 1 is 1.35 bits per heavy atom. The largest absolute Gasteiger partial charge is 1.00 e. The fourth-order valence-electron chi connectivity index (χ4n) is 1.57. The molecule has 1 aromatic heterocycles. The number of carbonyl (C=O) groups is 1. The Hall–Kier alpha value is -0.830. The van der Waals surface area contributed by atoms with Crippen LogP contribution >= 0.6 is 22.9 Å². The summed E-state index contributed by atoms with van der Waals surface area (Å²) in [6, 6.07) is 5.99. The summed E-state index contributed by atoms with van der Waals surface area (Å²) in [5.41, 5.74) is 0.750. The van der Waals surface area contributed by atoms with Crippen molar-refractivity contribution in [3.63, 3.8) is 0 Å². The van der Waals surface area contributed by atoms with Crippen molar-refractivity contribution in [2.75, 3.05) is 7.11 Å². The molecular weight excluding hydrogens is 369 g/mol. The summed E-state index contributed by atoms with van der Waals surface area (Å²) >= 11 is 7.22. The number of sulfonamides is 1. The predicted molar refractivity (Wildman–Crippen MR) is 88.0 cm³/mol. The van der Waals surface area contributed by atoms with Crippen molar-refractivity contribution in [3.05, 3.63) is 61.3 Å². The van der Waals surface area contributed by atoms with Crippen LogP contribution in [0.25, 0.3) is 10.8 Å². The van der Waals surface area contributed by atoms with Gasteiger partial charge in [0.25, 0.3) is 0 Å². The van der Waals surface area contributed by atoms with Gasteiger partial charge in [-0.25, -0.2) is 8.42 Å². The summed E-state index contributed by atoms with van der Waals surface area (Å²) in [6.45, 7) is 0. The average Bonchev–Trinajstić information content (AvgIpc) is 2.97. The number of hydrogen-bond donors (Lipinski definition) is 0. The molecule has 1 heterocycles. The standard InChI is InChI=1S/C14H12ClNO4S2.Na/c1-20-13-8-11(15)2-3-12(13)14(17)16-22(18,19)7-5-10-4-6-21-9-10;/h2-9H,1H3,(H,16,17);/q;+1/p-1/b7-5+;. The van der Waals surface area contributed by atoms with Gasteiger partial charge in [-0.15, -0.1) is 0 Å². The number of rotatable bonds is 5. The van der Waals surface area contributed by atoms with Crippen molar-refractivity contribution in [1.29, 1.82) is 0 Å². The Bertz CT molecular complexity index is 804. The minimum atomic E-state index is -4.03.